The van der Waals surface area contributed by atoms with Gasteiger partial charge in [-0.25, -0.2) is 4.98 Å². The molecule has 1 fully saturated rings. The van der Waals surface area contributed by atoms with Crippen LogP contribution in [-0.2, 0) is 9.53 Å². The number of ether oxygens (including phenoxy) is 1. The number of aryl methyl sites for hydroxylation is 2. The Morgan fingerprint density at radius 1 is 1.00 bits per heavy atom. The molecule has 200 valence electrons. The van der Waals surface area contributed by atoms with Gasteiger partial charge in [-0.1, -0.05) is 59.1 Å². The van der Waals surface area contributed by atoms with Gasteiger partial charge in [-0.05, 0) is 63.1 Å². The van der Waals surface area contributed by atoms with Crippen LogP contribution in [0.15, 0.2) is 79.0 Å². The van der Waals surface area contributed by atoms with Crippen LogP contribution in [0.25, 0.3) is 16.9 Å². The van der Waals surface area contributed by atoms with E-state index in [-0.39, 0.29) is 24.5 Å². The predicted molar refractivity (Wildman–Crippen MR) is 153 cm³/mol. The van der Waals surface area contributed by atoms with Gasteiger partial charge in [-0.15, -0.1) is 0 Å². The minimum absolute atomic E-state index is 0.0850. The SMILES string of the molecule is Cc1ccc(C(=O)N(CC(=O)Nc2nc(-c3ccc(Cl)cc3)cn2-c2ccc(C)cc2)C[C@H]2CCCO2)cc1. The van der Waals surface area contributed by atoms with Crippen molar-refractivity contribution in [3.05, 3.63) is 101 Å². The molecule has 2 amide bonds. The van der Waals surface area contributed by atoms with Crippen LogP contribution in [0.5, 0.6) is 0 Å². The van der Waals surface area contributed by atoms with E-state index in [1.165, 1.54) is 0 Å². The van der Waals surface area contributed by atoms with Crippen LogP contribution in [0, 0.1) is 13.8 Å². The van der Waals surface area contributed by atoms with Gasteiger partial charge >= 0.3 is 0 Å². The second kappa shape index (κ2) is 11.8. The van der Waals surface area contributed by atoms with E-state index in [1.54, 1.807) is 29.2 Å². The molecule has 7 nitrogen and oxygen atoms in total. The third-order valence-corrected chi connectivity index (χ3v) is 7.03. The normalized spacial score (nSPS) is 14.8. The second-order valence-corrected chi connectivity index (χ2v) is 10.3. The summed E-state index contributed by atoms with van der Waals surface area (Å²) in [7, 11) is 0. The minimum atomic E-state index is -0.338. The van der Waals surface area contributed by atoms with Crippen molar-refractivity contribution in [3.63, 3.8) is 0 Å². The van der Waals surface area contributed by atoms with Gasteiger partial charge in [0.25, 0.3) is 5.91 Å². The van der Waals surface area contributed by atoms with E-state index in [4.69, 9.17) is 21.3 Å². The number of rotatable bonds is 8. The standard InChI is InChI=1S/C31H31ClN4O3/c1-21-5-9-24(10-6-21)30(38)35(18-27-4-3-17-39-27)20-29(37)34-31-33-28(23-11-13-25(32)14-12-23)19-36(31)26-15-7-22(2)8-16-26/h5-16,19,27H,3-4,17-18,20H2,1-2H3,(H,33,34,37)/t27-/m1/s1. The van der Waals surface area contributed by atoms with Gasteiger partial charge in [0.05, 0.1) is 11.8 Å². The van der Waals surface area contributed by atoms with Crippen LogP contribution < -0.4 is 5.32 Å². The third-order valence-electron chi connectivity index (χ3n) is 6.78. The minimum Gasteiger partial charge on any atom is -0.376 e. The lowest BCUT2D eigenvalue weighted by Crippen LogP contribution is -2.42. The average Bonchev–Trinajstić information content (AvgIpc) is 3.59. The molecule has 1 aromatic heterocycles. The molecule has 8 heteroatoms. The first-order valence-corrected chi connectivity index (χ1v) is 13.4. The van der Waals surface area contributed by atoms with Crippen LogP contribution in [0.2, 0.25) is 5.02 Å². The van der Waals surface area contributed by atoms with E-state index < -0.39 is 0 Å². The van der Waals surface area contributed by atoms with Crippen molar-refractivity contribution in [2.24, 2.45) is 0 Å². The van der Waals surface area contributed by atoms with E-state index in [0.29, 0.717) is 35.4 Å². The maximum absolute atomic E-state index is 13.4. The molecule has 1 atom stereocenters. The molecule has 1 N–H and O–H groups in total. The van der Waals surface area contributed by atoms with Gasteiger partial charge in [0, 0.05) is 41.2 Å². The number of aromatic nitrogens is 2. The zero-order valence-corrected chi connectivity index (χ0v) is 22.8. The molecular formula is C31H31ClN4O3. The zero-order valence-electron chi connectivity index (χ0n) is 22.1. The highest BCUT2D eigenvalue weighted by atomic mass is 35.5. The number of carbonyl (C=O) groups is 2. The molecule has 5 rings (SSSR count). The Bertz CT molecular complexity index is 1440. The molecule has 1 aliphatic heterocycles. The Kier molecular flexibility index (Phi) is 8.10. The van der Waals surface area contributed by atoms with Crippen LogP contribution in [-0.4, -0.2) is 52.1 Å². The van der Waals surface area contributed by atoms with Crippen molar-refractivity contribution in [2.45, 2.75) is 32.8 Å². The number of hydrogen-bond acceptors (Lipinski definition) is 4. The molecule has 0 aliphatic carbocycles. The molecule has 0 unspecified atom stereocenters. The van der Waals surface area contributed by atoms with E-state index in [0.717, 1.165) is 35.2 Å². The molecule has 3 aromatic carbocycles. The van der Waals surface area contributed by atoms with Crippen molar-refractivity contribution in [3.8, 4) is 16.9 Å². The summed E-state index contributed by atoms with van der Waals surface area (Å²) in [5.41, 5.74) is 5.15. The topological polar surface area (TPSA) is 76.5 Å². The predicted octanol–water partition coefficient (Wildman–Crippen LogP) is 6.07. The van der Waals surface area contributed by atoms with Gasteiger partial charge in [-0.2, -0.15) is 0 Å². The summed E-state index contributed by atoms with van der Waals surface area (Å²) in [4.78, 5) is 33.1. The van der Waals surface area contributed by atoms with E-state index in [2.05, 4.69) is 5.32 Å². The van der Waals surface area contributed by atoms with E-state index >= 15 is 0 Å². The van der Waals surface area contributed by atoms with Crippen molar-refractivity contribution in [1.82, 2.24) is 14.5 Å². The summed E-state index contributed by atoms with van der Waals surface area (Å²) >= 11 is 6.08. The number of carbonyl (C=O) groups excluding carboxylic acids is 2. The number of benzene rings is 3. The highest BCUT2D eigenvalue weighted by Gasteiger charge is 2.26. The van der Waals surface area contributed by atoms with Gasteiger partial charge in [0.1, 0.15) is 6.54 Å². The number of nitrogens with one attached hydrogen (secondary N) is 1. The van der Waals surface area contributed by atoms with Crippen molar-refractivity contribution < 1.29 is 14.3 Å². The first-order valence-electron chi connectivity index (χ1n) is 13.1. The Balaban J connectivity index is 1.41. The van der Waals surface area contributed by atoms with Gasteiger partial charge in [-0.3, -0.25) is 19.5 Å². The molecular weight excluding hydrogens is 512 g/mol. The number of nitrogens with zero attached hydrogens (tertiary/aromatic N) is 3. The van der Waals surface area contributed by atoms with Gasteiger partial charge in [0.2, 0.25) is 11.9 Å². The monoisotopic (exact) mass is 542 g/mol. The van der Waals surface area contributed by atoms with Crippen LogP contribution >= 0.6 is 11.6 Å². The molecule has 0 spiro atoms. The average molecular weight is 543 g/mol. The van der Waals surface area contributed by atoms with E-state index in [1.807, 2.05) is 73.1 Å². The number of imidazole rings is 1. The van der Waals surface area contributed by atoms with Crippen LogP contribution in [0.3, 0.4) is 0 Å². The Hall–Kier alpha value is -3.94. The lowest BCUT2D eigenvalue weighted by molar-refractivity contribution is -0.117. The molecule has 39 heavy (non-hydrogen) atoms. The fourth-order valence-electron chi connectivity index (χ4n) is 4.60. The summed E-state index contributed by atoms with van der Waals surface area (Å²) in [6.45, 7) is 4.89. The highest BCUT2D eigenvalue weighted by Crippen LogP contribution is 2.26. The quantitative estimate of drug-likeness (QED) is 0.293. The molecule has 1 aliphatic rings. The molecule has 2 heterocycles. The van der Waals surface area contributed by atoms with Gasteiger partial charge < -0.3 is 9.64 Å². The molecule has 4 aromatic rings. The Morgan fingerprint density at radius 2 is 1.67 bits per heavy atom. The highest BCUT2D eigenvalue weighted by molar-refractivity contribution is 6.30. The molecule has 1 saturated heterocycles. The summed E-state index contributed by atoms with van der Waals surface area (Å²) in [6, 6.07) is 22.7. The fraction of sp³-hybridized carbons (Fsp3) is 0.258. The Morgan fingerprint density at radius 3 is 2.31 bits per heavy atom. The smallest absolute Gasteiger partial charge is 0.254 e. The summed E-state index contributed by atoms with van der Waals surface area (Å²) < 4.78 is 7.63. The largest absolute Gasteiger partial charge is 0.376 e. The summed E-state index contributed by atoms with van der Waals surface area (Å²) in [5.74, 6) is -0.173. The summed E-state index contributed by atoms with van der Waals surface area (Å²) in [6.07, 6.45) is 3.61. The van der Waals surface area contributed by atoms with Crippen LogP contribution in [0.1, 0.15) is 34.3 Å². The number of amides is 2. The van der Waals surface area contributed by atoms with E-state index in [9.17, 15) is 9.59 Å². The fourth-order valence-corrected chi connectivity index (χ4v) is 4.73. The molecule has 0 bridgehead atoms. The van der Waals surface area contributed by atoms with Gasteiger partial charge in [0.15, 0.2) is 0 Å². The zero-order chi connectivity index (χ0) is 27.4. The number of anilines is 1. The number of halogens is 1. The number of hydrogen-bond donors (Lipinski definition) is 1. The maximum atomic E-state index is 13.4. The third kappa shape index (κ3) is 6.56. The second-order valence-electron chi connectivity index (χ2n) is 9.90. The van der Waals surface area contributed by atoms with Crippen molar-refractivity contribution >= 4 is 29.4 Å². The molecule has 0 radical (unpaired) electrons. The maximum Gasteiger partial charge on any atom is 0.254 e. The van der Waals surface area contributed by atoms with Crippen molar-refractivity contribution in [2.75, 3.05) is 25.0 Å². The lowest BCUT2D eigenvalue weighted by Gasteiger charge is -2.25. The Labute approximate surface area is 233 Å². The first-order chi connectivity index (χ1) is 18.9. The molecule has 0 saturated carbocycles. The summed E-state index contributed by atoms with van der Waals surface area (Å²) in [5, 5.41) is 3.58. The van der Waals surface area contributed by atoms with Crippen LogP contribution in [0.4, 0.5) is 5.95 Å². The lowest BCUT2D eigenvalue weighted by atomic mass is 10.1. The first kappa shape index (κ1) is 26.7. The van der Waals surface area contributed by atoms with Crippen molar-refractivity contribution in [1.29, 1.82) is 0 Å².